The maximum absolute atomic E-state index is 12.7. The zero-order valence-corrected chi connectivity index (χ0v) is 13.5. The summed E-state index contributed by atoms with van der Waals surface area (Å²) in [5.74, 6) is -0.702. The van der Waals surface area contributed by atoms with Gasteiger partial charge in [-0.1, -0.05) is 22.4 Å². The molecule has 1 aromatic carbocycles. The molecule has 5 heteroatoms. The monoisotopic (exact) mass is 351 g/mol. The van der Waals surface area contributed by atoms with Crippen LogP contribution < -0.4 is 0 Å². The van der Waals surface area contributed by atoms with E-state index in [0.717, 1.165) is 22.9 Å². The van der Waals surface area contributed by atoms with E-state index in [9.17, 15) is 14.7 Å². The first kappa shape index (κ1) is 14.6. The van der Waals surface area contributed by atoms with Crippen LogP contribution in [0.3, 0.4) is 0 Å². The zero-order chi connectivity index (χ0) is 15.2. The van der Waals surface area contributed by atoms with Gasteiger partial charge in [-0.05, 0) is 49.4 Å². The highest BCUT2D eigenvalue weighted by Crippen LogP contribution is 2.49. The molecule has 1 aliphatic heterocycles. The van der Waals surface area contributed by atoms with E-state index in [4.69, 9.17) is 0 Å². The van der Waals surface area contributed by atoms with Crippen LogP contribution in [0.25, 0.3) is 0 Å². The number of hydrogen-bond donors (Lipinski definition) is 1. The van der Waals surface area contributed by atoms with Crippen molar-refractivity contribution in [1.29, 1.82) is 0 Å². The molecule has 1 saturated carbocycles. The van der Waals surface area contributed by atoms with Crippen molar-refractivity contribution in [1.82, 2.24) is 4.90 Å². The van der Waals surface area contributed by atoms with Gasteiger partial charge in [0, 0.05) is 23.1 Å². The van der Waals surface area contributed by atoms with Crippen LogP contribution in [0.15, 0.2) is 22.7 Å². The first-order chi connectivity index (χ1) is 9.92. The molecule has 1 saturated heterocycles. The molecule has 2 atom stereocenters. The fraction of sp³-hybridized carbons (Fsp3) is 0.500. The second kappa shape index (κ2) is 5.13. The lowest BCUT2D eigenvalue weighted by atomic mass is 9.81. The minimum Gasteiger partial charge on any atom is -0.481 e. The highest BCUT2D eigenvalue weighted by atomic mass is 79.9. The number of halogens is 1. The maximum atomic E-state index is 12.7. The van der Waals surface area contributed by atoms with Gasteiger partial charge in [-0.15, -0.1) is 0 Å². The molecule has 1 aliphatic carbocycles. The molecule has 0 unspecified atom stereocenters. The predicted molar refractivity (Wildman–Crippen MR) is 82.2 cm³/mol. The van der Waals surface area contributed by atoms with Gasteiger partial charge in [-0.25, -0.2) is 0 Å². The molecule has 0 aromatic heterocycles. The van der Waals surface area contributed by atoms with Gasteiger partial charge < -0.3 is 10.0 Å². The molecule has 1 N–H and O–H groups in total. The highest BCUT2D eigenvalue weighted by molar-refractivity contribution is 9.10. The molecule has 0 spiro atoms. The molecule has 2 aliphatic rings. The van der Waals surface area contributed by atoms with Crippen LogP contribution in [0.5, 0.6) is 0 Å². The van der Waals surface area contributed by atoms with Gasteiger partial charge in [0.15, 0.2) is 0 Å². The van der Waals surface area contributed by atoms with Gasteiger partial charge in [0.25, 0.3) is 5.91 Å². The number of benzene rings is 1. The Bertz CT molecular complexity index is 595. The third-order valence-electron chi connectivity index (χ3n) is 4.87. The van der Waals surface area contributed by atoms with Crippen LogP contribution >= 0.6 is 15.9 Å². The van der Waals surface area contributed by atoms with Gasteiger partial charge in [0.2, 0.25) is 0 Å². The molecule has 21 heavy (non-hydrogen) atoms. The first-order valence-electron chi connectivity index (χ1n) is 7.22. The second-order valence-corrected chi connectivity index (χ2v) is 7.17. The van der Waals surface area contributed by atoms with E-state index < -0.39 is 11.4 Å². The Morgan fingerprint density at radius 2 is 2.14 bits per heavy atom. The number of carboxylic acids is 1. The van der Waals surface area contributed by atoms with E-state index in [-0.39, 0.29) is 11.8 Å². The first-order valence-corrected chi connectivity index (χ1v) is 8.01. The number of hydrogen-bond acceptors (Lipinski definition) is 2. The summed E-state index contributed by atoms with van der Waals surface area (Å²) in [5.41, 5.74) is 0.930. The normalized spacial score (nSPS) is 27.7. The number of likely N-dealkylation sites (tertiary alicyclic amines) is 1. The number of aryl methyl sites for hydroxylation is 1. The fourth-order valence-corrected chi connectivity index (χ4v) is 4.44. The Balaban J connectivity index is 1.86. The Hall–Kier alpha value is -1.36. The number of nitrogens with zero attached hydrogens (tertiary/aromatic N) is 1. The number of carboxylic acid groups (broad SMARTS) is 1. The average molecular weight is 352 g/mol. The number of carbonyl (C=O) groups excluding carboxylic acids is 1. The van der Waals surface area contributed by atoms with Gasteiger partial charge in [-0.3, -0.25) is 9.59 Å². The zero-order valence-electron chi connectivity index (χ0n) is 11.9. The minimum atomic E-state index is -0.745. The van der Waals surface area contributed by atoms with Crippen molar-refractivity contribution >= 4 is 27.8 Å². The second-order valence-electron chi connectivity index (χ2n) is 6.25. The molecular formula is C16H18BrNO3. The summed E-state index contributed by atoms with van der Waals surface area (Å²) >= 11 is 3.41. The number of rotatable bonds is 2. The summed E-state index contributed by atoms with van der Waals surface area (Å²) in [6.07, 6.45) is 2.55. The highest BCUT2D eigenvalue weighted by Gasteiger charge is 2.55. The molecule has 1 aromatic rings. The maximum Gasteiger partial charge on any atom is 0.311 e. The van der Waals surface area contributed by atoms with Crippen LogP contribution in [-0.2, 0) is 4.79 Å². The van der Waals surface area contributed by atoms with Crippen molar-refractivity contribution in [3.8, 4) is 0 Å². The van der Waals surface area contributed by atoms with Crippen molar-refractivity contribution in [2.45, 2.75) is 26.2 Å². The third kappa shape index (κ3) is 2.37. The van der Waals surface area contributed by atoms with Crippen LogP contribution in [0.2, 0.25) is 0 Å². The van der Waals surface area contributed by atoms with E-state index in [1.165, 1.54) is 0 Å². The summed E-state index contributed by atoms with van der Waals surface area (Å²) in [6.45, 7) is 2.85. The van der Waals surface area contributed by atoms with E-state index in [1.54, 1.807) is 11.0 Å². The van der Waals surface area contributed by atoms with E-state index >= 15 is 0 Å². The molecule has 1 heterocycles. The molecule has 3 rings (SSSR count). The summed E-state index contributed by atoms with van der Waals surface area (Å²) in [5, 5.41) is 9.59. The number of aliphatic carboxylic acids is 1. The van der Waals surface area contributed by atoms with Crippen molar-refractivity contribution in [3.63, 3.8) is 0 Å². The predicted octanol–water partition coefficient (Wildman–Crippen LogP) is 3.08. The quantitative estimate of drug-likeness (QED) is 0.890. The molecule has 2 fully saturated rings. The number of amides is 1. The Labute approximate surface area is 132 Å². The lowest BCUT2D eigenvalue weighted by Gasteiger charge is -2.23. The smallest absolute Gasteiger partial charge is 0.311 e. The topological polar surface area (TPSA) is 57.6 Å². The van der Waals surface area contributed by atoms with Gasteiger partial charge in [0.1, 0.15) is 0 Å². The number of fused-ring (bicyclic) bond motifs is 1. The standard InChI is InChI=1S/C16H18BrNO3/c1-10-5-11(7-13(17)6-10)14(19)18-8-12-3-2-4-16(12,9-18)15(20)21/h5-7,12H,2-4,8-9H2,1H3,(H,20,21)/t12-,16+/m0/s1. The largest absolute Gasteiger partial charge is 0.481 e. The average Bonchev–Trinajstić information content (AvgIpc) is 2.93. The van der Waals surface area contributed by atoms with Crippen LogP contribution in [-0.4, -0.2) is 35.0 Å². The van der Waals surface area contributed by atoms with Crippen LogP contribution in [0.4, 0.5) is 0 Å². The fourth-order valence-electron chi connectivity index (χ4n) is 3.84. The van der Waals surface area contributed by atoms with E-state index in [1.807, 2.05) is 19.1 Å². The van der Waals surface area contributed by atoms with Crippen LogP contribution in [0, 0.1) is 18.3 Å². The summed E-state index contributed by atoms with van der Waals surface area (Å²) in [6, 6.07) is 5.61. The lowest BCUT2D eigenvalue weighted by molar-refractivity contribution is -0.149. The molecular weight excluding hydrogens is 334 g/mol. The van der Waals surface area contributed by atoms with Crippen molar-refractivity contribution in [2.75, 3.05) is 13.1 Å². The molecule has 0 bridgehead atoms. The van der Waals surface area contributed by atoms with Gasteiger partial charge in [0.05, 0.1) is 5.41 Å². The van der Waals surface area contributed by atoms with Crippen LogP contribution in [0.1, 0.15) is 35.2 Å². The SMILES string of the molecule is Cc1cc(Br)cc(C(=O)N2C[C@@H]3CCC[C@@]3(C(=O)O)C2)c1. The van der Waals surface area contributed by atoms with Crippen molar-refractivity contribution in [3.05, 3.63) is 33.8 Å². The molecule has 1 amide bonds. The van der Waals surface area contributed by atoms with Gasteiger partial charge in [-0.2, -0.15) is 0 Å². The van der Waals surface area contributed by atoms with Crippen molar-refractivity contribution in [2.24, 2.45) is 11.3 Å². The lowest BCUT2D eigenvalue weighted by Crippen LogP contribution is -2.37. The Morgan fingerprint density at radius 3 is 2.76 bits per heavy atom. The number of carbonyl (C=O) groups is 2. The van der Waals surface area contributed by atoms with Crippen molar-refractivity contribution < 1.29 is 14.7 Å². The summed E-state index contributed by atoms with van der Waals surface area (Å²) < 4.78 is 0.873. The summed E-state index contributed by atoms with van der Waals surface area (Å²) in [7, 11) is 0. The van der Waals surface area contributed by atoms with Gasteiger partial charge >= 0.3 is 5.97 Å². The molecule has 4 nitrogen and oxygen atoms in total. The molecule has 112 valence electrons. The van der Waals surface area contributed by atoms with E-state index in [0.29, 0.717) is 25.1 Å². The third-order valence-corrected chi connectivity index (χ3v) is 5.33. The summed E-state index contributed by atoms with van der Waals surface area (Å²) in [4.78, 5) is 26.1. The Morgan fingerprint density at radius 1 is 1.38 bits per heavy atom. The Kier molecular flexibility index (Phi) is 3.56. The van der Waals surface area contributed by atoms with E-state index in [2.05, 4.69) is 15.9 Å². The minimum absolute atomic E-state index is 0.0607. The molecule has 0 radical (unpaired) electrons.